The first-order chi connectivity index (χ1) is 11.7. The maximum atomic E-state index is 12.4. The van der Waals surface area contributed by atoms with Crippen molar-refractivity contribution in [2.24, 2.45) is 17.8 Å². The number of aliphatic hydroxyl groups is 1. The second-order valence-corrected chi connectivity index (χ2v) is 6.86. The fourth-order valence-corrected chi connectivity index (χ4v) is 4.59. The summed E-state index contributed by atoms with van der Waals surface area (Å²) < 4.78 is 5.20. The van der Waals surface area contributed by atoms with Crippen LogP contribution >= 0.6 is 0 Å². The summed E-state index contributed by atoms with van der Waals surface area (Å²) in [5, 5.41) is 14.3. The second kappa shape index (κ2) is 6.09. The molecule has 0 amide bonds. The zero-order valence-electron chi connectivity index (χ0n) is 13.8. The van der Waals surface area contributed by atoms with Crippen LogP contribution in [-0.2, 0) is 4.74 Å². The molecule has 2 aromatic rings. The quantitative estimate of drug-likeness (QED) is 0.734. The van der Waals surface area contributed by atoms with Crippen LogP contribution in [0.3, 0.4) is 0 Å². The molecule has 2 saturated carbocycles. The Kier molecular flexibility index (Phi) is 3.92. The lowest BCUT2D eigenvalue weighted by Gasteiger charge is -2.32. The van der Waals surface area contributed by atoms with Crippen molar-refractivity contribution in [1.82, 2.24) is 9.97 Å². The van der Waals surface area contributed by atoms with E-state index in [1.807, 2.05) is 12.3 Å². The van der Waals surface area contributed by atoms with Crippen LogP contribution in [0.2, 0.25) is 0 Å². The molecule has 3 N–H and O–H groups in total. The Morgan fingerprint density at radius 1 is 1.46 bits per heavy atom. The van der Waals surface area contributed by atoms with Crippen molar-refractivity contribution in [1.29, 1.82) is 0 Å². The van der Waals surface area contributed by atoms with E-state index in [1.54, 1.807) is 13.1 Å². The molecule has 0 aromatic carbocycles. The van der Waals surface area contributed by atoms with Crippen LogP contribution in [0.25, 0.3) is 11.0 Å². The third kappa shape index (κ3) is 2.36. The molecule has 4 atom stereocenters. The predicted octanol–water partition coefficient (Wildman–Crippen LogP) is 2.56. The monoisotopic (exact) mass is 329 g/mol. The number of ether oxygens (including phenoxy) is 1. The van der Waals surface area contributed by atoms with Crippen molar-refractivity contribution in [2.45, 2.75) is 32.2 Å². The van der Waals surface area contributed by atoms with Crippen molar-refractivity contribution in [3.63, 3.8) is 0 Å². The molecule has 0 radical (unpaired) electrons. The zero-order chi connectivity index (χ0) is 16.7. The molecule has 0 aliphatic heterocycles. The summed E-state index contributed by atoms with van der Waals surface area (Å²) in [6.07, 6.45) is 6.95. The highest BCUT2D eigenvalue weighted by Gasteiger charge is 2.47. The number of anilines is 1. The Hall–Kier alpha value is -2.08. The average molecular weight is 329 g/mol. The largest absolute Gasteiger partial charge is 0.462 e. The first kappa shape index (κ1) is 15.4. The average Bonchev–Trinajstić information content (AvgIpc) is 3.30. The molecule has 0 saturated heterocycles. The van der Waals surface area contributed by atoms with E-state index in [2.05, 4.69) is 15.3 Å². The van der Waals surface area contributed by atoms with Gasteiger partial charge in [-0.2, -0.15) is 0 Å². The molecule has 2 aliphatic carbocycles. The molecule has 6 nitrogen and oxygen atoms in total. The zero-order valence-corrected chi connectivity index (χ0v) is 13.8. The molecule has 2 bridgehead atoms. The van der Waals surface area contributed by atoms with Crippen molar-refractivity contribution in [3.8, 4) is 0 Å². The lowest BCUT2D eigenvalue weighted by Crippen LogP contribution is -2.37. The van der Waals surface area contributed by atoms with Crippen LogP contribution < -0.4 is 5.32 Å². The first-order valence-electron chi connectivity index (χ1n) is 8.73. The van der Waals surface area contributed by atoms with E-state index < -0.39 is 0 Å². The van der Waals surface area contributed by atoms with Gasteiger partial charge in [-0.3, -0.25) is 0 Å². The summed E-state index contributed by atoms with van der Waals surface area (Å²) >= 11 is 0. The van der Waals surface area contributed by atoms with E-state index in [1.165, 1.54) is 19.3 Å². The third-order valence-electron chi connectivity index (χ3n) is 5.69. The number of carbonyl (C=O) groups excluding carboxylic acids is 1. The Labute approximate surface area is 140 Å². The Morgan fingerprint density at radius 2 is 2.29 bits per heavy atom. The minimum absolute atomic E-state index is 0.189. The van der Waals surface area contributed by atoms with Gasteiger partial charge in [-0.1, -0.05) is 0 Å². The lowest BCUT2D eigenvalue weighted by atomic mass is 9.84. The highest BCUT2D eigenvalue weighted by Crippen LogP contribution is 2.49. The fraction of sp³-hybridized carbons (Fsp3) is 0.556. The van der Waals surface area contributed by atoms with Crippen molar-refractivity contribution < 1.29 is 14.6 Å². The molecule has 2 aliphatic rings. The van der Waals surface area contributed by atoms with Gasteiger partial charge in [0.1, 0.15) is 11.2 Å². The number of hydrogen-bond donors (Lipinski definition) is 3. The fourth-order valence-electron chi connectivity index (χ4n) is 4.59. The van der Waals surface area contributed by atoms with E-state index in [9.17, 15) is 9.90 Å². The molecule has 0 spiro atoms. The molecule has 2 fully saturated rings. The van der Waals surface area contributed by atoms with E-state index in [4.69, 9.17) is 4.74 Å². The number of rotatable bonds is 5. The Bertz CT molecular complexity index is 757. The molecule has 2 heterocycles. The number of fused-ring (bicyclic) bond motifs is 3. The number of aromatic nitrogens is 2. The Balaban J connectivity index is 1.73. The molecule has 6 heteroatoms. The van der Waals surface area contributed by atoms with Gasteiger partial charge in [-0.15, -0.1) is 0 Å². The van der Waals surface area contributed by atoms with E-state index in [-0.39, 0.29) is 24.5 Å². The molecule has 1 unspecified atom stereocenters. The minimum atomic E-state index is -0.362. The summed E-state index contributed by atoms with van der Waals surface area (Å²) in [5.74, 6) is 1.04. The van der Waals surface area contributed by atoms with Crippen LogP contribution in [0.5, 0.6) is 0 Å². The van der Waals surface area contributed by atoms with Gasteiger partial charge in [0.25, 0.3) is 0 Å². The summed E-state index contributed by atoms with van der Waals surface area (Å²) in [4.78, 5) is 19.8. The van der Waals surface area contributed by atoms with Gasteiger partial charge >= 0.3 is 5.97 Å². The molecule has 24 heavy (non-hydrogen) atoms. The van der Waals surface area contributed by atoms with Gasteiger partial charge in [0.05, 0.1) is 12.3 Å². The van der Waals surface area contributed by atoms with Gasteiger partial charge in [0.2, 0.25) is 0 Å². The van der Waals surface area contributed by atoms with Gasteiger partial charge in [-0.25, -0.2) is 9.78 Å². The minimum Gasteiger partial charge on any atom is -0.462 e. The standard InChI is InChI=1S/C18H23N3O3/c1-2-24-18(23)13-8-20-17-12(5-6-19-17)16(13)21-15-11-4-3-10(7-11)14(15)9-22/h5-6,8,10-11,14-15,22H,2-4,7,9H2,1H3,(H2,19,20,21)/t10-,11?,14+,15-/m0/s1. The van der Waals surface area contributed by atoms with Gasteiger partial charge in [0, 0.05) is 36.3 Å². The summed E-state index contributed by atoms with van der Waals surface area (Å²) in [5.41, 5.74) is 1.98. The van der Waals surface area contributed by atoms with Crippen LogP contribution in [0.1, 0.15) is 36.5 Å². The highest BCUT2D eigenvalue weighted by atomic mass is 16.5. The van der Waals surface area contributed by atoms with E-state index >= 15 is 0 Å². The molecule has 128 valence electrons. The second-order valence-electron chi connectivity index (χ2n) is 6.86. The number of hydrogen-bond acceptors (Lipinski definition) is 5. The maximum absolute atomic E-state index is 12.4. The van der Waals surface area contributed by atoms with Crippen LogP contribution in [-0.4, -0.2) is 40.3 Å². The van der Waals surface area contributed by atoms with Gasteiger partial charge in [-0.05, 0) is 44.1 Å². The lowest BCUT2D eigenvalue weighted by molar-refractivity contribution is 0.0527. The number of nitrogens with zero attached hydrogens (tertiary/aromatic N) is 1. The van der Waals surface area contributed by atoms with Gasteiger partial charge in [0.15, 0.2) is 0 Å². The van der Waals surface area contributed by atoms with E-state index in [0.29, 0.717) is 24.0 Å². The van der Waals surface area contributed by atoms with Crippen LogP contribution in [0, 0.1) is 17.8 Å². The molecule has 4 rings (SSSR count). The molecule has 2 aromatic heterocycles. The van der Waals surface area contributed by atoms with Crippen LogP contribution in [0.15, 0.2) is 18.5 Å². The number of nitrogens with one attached hydrogen (secondary N) is 2. The summed E-state index contributed by atoms with van der Waals surface area (Å²) in [7, 11) is 0. The smallest absolute Gasteiger partial charge is 0.341 e. The summed E-state index contributed by atoms with van der Waals surface area (Å²) in [6, 6.07) is 2.12. The number of pyridine rings is 1. The number of H-pyrrole nitrogens is 1. The maximum Gasteiger partial charge on any atom is 0.341 e. The summed E-state index contributed by atoms with van der Waals surface area (Å²) in [6.45, 7) is 2.32. The van der Waals surface area contributed by atoms with Crippen molar-refractivity contribution in [3.05, 3.63) is 24.0 Å². The van der Waals surface area contributed by atoms with Gasteiger partial charge < -0.3 is 20.1 Å². The third-order valence-corrected chi connectivity index (χ3v) is 5.69. The first-order valence-corrected chi connectivity index (χ1v) is 8.73. The van der Waals surface area contributed by atoms with Crippen molar-refractivity contribution in [2.75, 3.05) is 18.5 Å². The number of esters is 1. The highest BCUT2D eigenvalue weighted by molar-refractivity contribution is 6.04. The van der Waals surface area contributed by atoms with Crippen molar-refractivity contribution >= 4 is 22.7 Å². The van der Waals surface area contributed by atoms with Crippen LogP contribution in [0.4, 0.5) is 5.69 Å². The number of carbonyl (C=O) groups is 1. The molecular weight excluding hydrogens is 306 g/mol. The number of aromatic amines is 1. The molecular formula is C18H23N3O3. The predicted molar refractivity (Wildman–Crippen MR) is 90.9 cm³/mol. The normalized spacial score (nSPS) is 28.4. The topological polar surface area (TPSA) is 87.2 Å². The SMILES string of the molecule is CCOC(=O)c1cnc2[nH]ccc2c1N[C@H]1C2CC[C@@H](C2)[C@H]1CO. The number of aliphatic hydroxyl groups excluding tert-OH is 1. The Morgan fingerprint density at radius 3 is 3.08 bits per heavy atom. The van der Waals surface area contributed by atoms with E-state index in [0.717, 1.165) is 16.7 Å².